The molecule has 0 bridgehead atoms. The molecule has 0 aromatic heterocycles. The first-order chi connectivity index (χ1) is 7.58. The van der Waals surface area contributed by atoms with Crippen LogP contribution in [-0.2, 0) is 11.4 Å². The number of hydrogen-bond donors (Lipinski definition) is 2. The highest BCUT2D eigenvalue weighted by atomic mass is 35.5. The summed E-state index contributed by atoms with van der Waals surface area (Å²) in [6.45, 7) is -0.709. The molecular formula is C10H11ClO5. The number of hydrogen-bond acceptors (Lipinski definition) is 4. The lowest BCUT2D eigenvalue weighted by Crippen LogP contribution is -2.10. The van der Waals surface area contributed by atoms with Crippen molar-refractivity contribution in [2.24, 2.45) is 0 Å². The number of carbonyl (C=O) groups is 1. The van der Waals surface area contributed by atoms with Gasteiger partial charge in [0.05, 0.1) is 18.7 Å². The van der Waals surface area contributed by atoms with Crippen molar-refractivity contribution in [1.29, 1.82) is 0 Å². The first kappa shape index (κ1) is 12.6. The molecule has 0 atom stereocenters. The molecule has 0 saturated heterocycles. The first-order valence-corrected chi connectivity index (χ1v) is 4.78. The Kier molecular flexibility index (Phi) is 4.39. The van der Waals surface area contributed by atoms with Gasteiger partial charge in [0.2, 0.25) is 0 Å². The Bertz CT molecular complexity index is 391. The van der Waals surface area contributed by atoms with E-state index in [1.54, 1.807) is 0 Å². The lowest BCUT2D eigenvalue weighted by atomic mass is 10.2. The van der Waals surface area contributed by atoms with Crippen LogP contribution in [0.15, 0.2) is 12.1 Å². The summed E-state index contributed by atoms with van der Waals surface area (Å²) in [7, 11) is 1.41. The summed E-state index contributed by atoms with van der Waals surface area (Å²) in [4.78, 5) is 10.3. The number of halogens is 1. The fraction of sp³-hybridized carbons (Fsp3) is 0.300. The van der Waals surface area contributed by atoms with E-state index < -0.39 is 12.6 Å². The number of aliphatic carboxylic acids is 1. The van der Waals surface area contributed by atoms with Gasteiger partial charge in [0.15, 0.2) is 18.1 Å². The van der Waals surface area contributed by atoms with Crippen molar-refractivity contribution in [2.45, 2.75) is 6.61 Å². The zero-order chi connectivity index (χ0) is 12.1. The third kappa shape index (κ3) is 3.01. The molecule has 2 N–H and O–H groups in total. The van der Waals surface area contributed by atoms with Gasteiger partial charge in [-0.1, -0.05) is 11.6 Å². The Balaban J connectivity index is 2.98. The van der Waals surface area contributed by atoms with Crippen molar-refractivity contribution in [1.82, 2.24) is 0 Å². The lowest BCUT2D eigenvalue weighted by molar-refractivity contribution is -0.139. The summed E-state index contributed by atoms with van der Waals surface area (Å²) in [5, 5.41) is 17.7. The summed E-state index contributed by atoms with van der Waals surface area (Å²) in [6, 6.07) is 2.91. The molecule has 16 heavy (non-hydrogen) atoms. The Hall–Kier alpha value is -1.46. The summed E-state index contributed by atoms with van der Waals surface area (Å²) in [5.74, 6) is -0.536. The standard InChI is InChI=1S/C10H11ClO5/c1-15-8-2-6(4-12)7(11)3-9(8)16-5-10(13)14/h2-3,12H,4-5H2,1H3,(H,13,14). The molecule has 5 nitrogen and oxygen atoms in total. The fourth-order valence-electron chi connectivity index (χ4n) is 1.11. The van der Waals surface area contributed by atoms with Gasteiger partial charge < -0.3 is 19.7 Å². The van der Waals surface area contributed by atoms with E-state index in [2.05, 4.69) is 0 Å². The lowest BCUT2D eigenvalue weighted by Gasteiger charge is -2.11. The van der Waals surface area contributed by atoms with E-state index in [1.807, 2.05) is 0 Å². The summed E-state index contributed by atoms with van der Waals surface area (Å²) >= 11 is 5.83. The highest BCUT2D eigenvalue weighted by Gasteiger charge is 2.11. The second kappa shape index (κ2) is 5.58. The maximum Gasteiger partial charge on any atom is 0.341 e. The molecule has 6 heteroatoms. The van der Waals surface area contributed by atoms with Crippen LogP contribution >= 0.6 is 11.6 Å². The van der Waals surface area contributed by atoms with E-state index >= 15 is 0 Å². The molecular weight excluding hydrogens is 236 g/mol. The Morgan fingerprint density at radius 1 is 1.44 bits per heavy atom. The Morgan fingerprint density at radius 3 is 2.62 bits per heavy atom. The van der Waals surface area contributed by atoms with Crippen LogP contribution in [0.25, 0.3) is 0 Å². The second-order valence-corrected chi connectivity index (χ2v) is 3.34. The highest BCUT2D eigenvalue weighted by Crippen LogP contribution is 2.33. The normalized spacial score (nSPS) is 9.94. The molecule has 0 heterocycles. The molecule has 0 unspecified atom stereocenters. The van der Waals surface area contributed by atoms with Crippen LogP contribution in [0.1, 0.15) is 5.56 Å². The van der Waals surface area contributed by atoms with Gasteiger partial charge in [-0.2, -0.15) is 0 Å². The van der Waals surface area contributed by atoms with Crippen LogP contribution in [-0.4, -0.2) is 29.9 Å². The number of carboxylic acid groups (broad SMARTS) is 1. The molecule has 0 saturated carbocycles. The number of rotatable bonds is 5. The largest absolute Gasteiger partial charge is 0.493 e. The van der Waals surface area contributed by atoms with Crippen molar-refractivity contribution >= 4 is 17.6 Å². The third-order valence-corrected chi connectivity index (χ3v) is 2.21. The minimum absolute atomic E-state index is 0.228. The van der Waals surface area contributed by atoms with Crippen LogP contribution in [0.2, 0.25) is 5.02 Å². The molecule has 1 aromatic rings. The van der Waals surface area contributed by atoms with Crippen molar-refractivity contribution < 1.29 is 24.5 Å². The first-order valence-electron chi connectivity index (χ1n) is 4.40. The topological polar surface area (TPSA) is 76.0 Å². The predicted molar refractivity (Wildman–Crippen MR) is 57.1 cm³/mol. The van der Waals surface area contributed by atoms with Crippen molar-refractivity contribution in [3.63, 3.8) is 0 Å². The van der Waals surface area contributed by atoms with Gasteiger partial charge in [0.1, 0.15) is 0 Å². The van der Waals surface area contributed by atoms with E-state index in [0.29, 0.717) is 16.3 Å². The maximum absolute atomic E-state index is 10.3. The van der Waals surface area contributed by atoms with Gasteiger partial charge in [-0.05, 0) is 11.6 Å². The van der Waals surface area contributed by atoms with Crippen LogP contribution in [0, 0.1) is 0 Å². The van der Waals surface area contributed by atoms with Gasteiger partial charge in [-0.25, -0.2) is 4.79 Å². The third-order valence-electron chi connectivity index (χ3n) is 1.85. The van der Waals surface area contributed by atoms with Crippen molar-refractivity contribution in [3.05, 3.63) is 22.7 Å². The molecule has 0 radical (unpaired) electrons. The summed E-state index contributed by atoms with van der Waals surface area (Å²) in [6.07, 6.45) is 0. The quantitative estimate of drug-likeness (QED) is 0.819. The van der Waals surface area contributed by atoms with Crippen LogP contribution in [0.5, 0.6) is 11.5 Å². The SMILES string of the molecule is COc1cc(CO)c(Cl)cc1OCC(=O)O. The molecule has 0 aliphatic heterocycles. The van der Waals surface area contributed by atoms with E-state index in [9.17, 15) is 4.79 Å². The Labute approximate surface area is 97.2 Å². The minimum Gasteiger partial charge on any atom is -0.493 e. The smallest absolute Gasteiger partial charge is 0.341 e. The molecule has 0 aliphatic rings. The van der Waals surface area contributed by atoms with Gasteiger partial charge in [0.25, 0.3) is 0 Å². The molecule has 1 aromatic carbocycles. The number of ether oxygens (including phenoxy) is 2. The van der Waals surface area contributed by atoms with Crippen molar-refractivity contribution in [3.8, 4) is 11.5 Å². The Morgan fingerprint density at radius 2 is 2.12 bits per heavy atom. The van der Waals surface area contributed by atoms with Gasteiger partial charge in [-0.3, -0.25) is 0 Å². The molecule has 0 spiro atoms. The van der Waals surface area contributed by atoms with Gasteiger partial charge >= 0.3 is 5.97 Å². The number of carboxylic acids is 1. The van der Waals surface area contributed by atoms with Gasteiger partial charge in [-0.15, -0.1) is 0 Å². The number of methoxy groups -OCH3 is 1. The zero-order valence-corrected chi connectivity index (χ0v) is 9.32. The second-order valence-electron chi connectivity index (χ2n) is 2.94. The monoisotopic (exact) mass is 246 g/mol. The molecule has 88 valence electrons. The fourth-order valence-corrected chi connectivity index (χ4v) is 1.32. The molecule has 1 rings (SSSR count). The van der Waals surface area contributed by atoms with Gasteiger partial charge in [0, 0.05) is 6.07 Å². The summed E-state index contributed by atoms with van der Waals surface area (Å²) < 4.78 is 9.97. The molecule has 0 amide bonds. The van der Waals surface area contributed by atoms with E-state index in [0.717, 1.165) is 0 Å². The maximum atomic E-state index is 10.3. The average molecular weight is 247 g/mol. The average Bonchev–Trinajstić information content (AvgIpc) is 2.26. The molecule has 0 fully saturated rings. The number of aliphatic hydroxyl groups excluding tert-OH is 1. The van der Waals surface area contributed by atoms with Crippen LogP contribution < -0.4 is 9.47 Å². The van der Waals surface area contributed by atoms with Crippen LogP contribution in [0.3, 0.4) is 0 Å². The van der Waals surface area contributed by atoms with E-state index in [4.69, 9.17) is 31.3 Å². The minimum atomic E-state index is -1.09. The zero-order valence-electron chi connectivity index (χ0n) is 8.57. The van der Waals surface area contributed by atoms with Crippen LogP contribution in [0.4, 0.5) is 0 Å². The van der Waals surface area contributed by atoms with E-state index in [1.165, 1.54) is 19.2 Å². The van der Waals surface area contributed by atoms with E-state index in [-0.39, 0.29) is 12.4 Å². The number of aliphatic hydroxyl groups is 1. The summed E-state index contributed by atoms with van der Waals surface area (Å²) in [5.41, 5.74) is 0.487. The highest BCUT2D eigenvalue weighted by molar-refractivity contribution is 6.31. The number of benzene rings is 1. The molecule has 0 aliphatic carbocycles. The van der Waals surface area contributed by atoms with Crippen molar-refractivity contribution in [2.75, 3.05) is 13.7 Å². The predicted octanol–water partition coefficient (Wildman–Crippen LogP) is 1.30.